The average molecular weight is 442 g/mol. The van der Waals surface area contributed by atoms with Gasteiger partial charge in [0.2, 0.25) is 5.91 Å². The number of nitrogens with one attached hydrogen (secondary N) is 1. The highest BCUT2D eigenvalue weighted by atomic mass is 16.2. The van der Waals surface area contributed by atoms with Crippen LogP contribution in [0.4, 0.5) is 11.6 Å². The summed E-state index contributed by atoms with van der Waals surface area (Å²) in [7, 11) is 0. The Morgan fingerprint density at radius 3 is 2.76 bits per heavy atom. The van der Waals surface area contributed by atoms with E-state index >= 15 is 0 Å². The first-order valence-corrected chi connectivity index (χ1v) is 11.0. The molecule has 8 heteroatoms. The minimum Gasteiger partial charge on any atom is -0.383 e. The molecule has 168 valence electrons. The highest BCUT2D eigenvalue weighted by molar-refractivity contribution is 5.98. The van der Waals surface area contributed by atoms with Crippen molar-refractivity contribution in [3.05, 3.63) is 60.3 Å². The first-order valence-electron chi connectivity index (χ1n) is 11.0. The number of fused-ring (bicyclic) bond motifs is 1. The highest BCUT2D eigenvalue weighted by Crippen LogP contribution is 2.48. The molecular formula is C25H27N7O. The van der Waals surface area contributed by atoms with Crippen LogP contribution in [-0.2, 0) is 10.3 Å². The molecular weight excluding hydrogens is 414 g/mol. The molecule has 2 unspecified atom stereocenters. The molecule has 0 aliphatic heterocycles. The SMILES string of the molecule is Cc1ccncc1-c1cc2cc(NC(=O)C3CC3c3cnn(C(C)(C)C)c3)ncc2c(N)n1. The molecule has 4 aromatic rings. The molecule has 33 heavy (non-hydrogen) atoms. The molecule has 1 aliphatic carbocycles. The van der Waals surface area contributed by atoms with E-state index in [9.17, 15) is 4.79 Å². The number of aromatic nitrogens is 5. The summed E-state index contributed by atoms with van der Waals surface area (Å²) in [4.78, 5) is 26.0. The smallest absolute Gasteiger partial charge is 0.229 e. The Morgan fingerprint density at radius 1 is 1.21 bits per heavy atom. The molecule has 4 aromatic heterocycles. The van der Waals surface area contributed by atoms with Gasteiger partial charge in [0.1, 0.15) is 11.6 Å². The number of carbonyl (C=O) groups excluding carboxylic acids is 1. The van der Waals surface area contributed by atoms with E-state index in [0.29, 0.717) is 11.6 Å². The van der Waals surface area contributed by atoms with Crippen molar-refractivity contribution in [1.82, 2.24) is 24.7 Å². The van der Waals surface area contributed by atoms with Gasteiger partial charge in [-0.1, -0.05) is 0 Å². The third-order valence-electron chi connectivity index (χ3n) is 6.16. The van der Waals surface area contributed by atoms with Crippen molar-refractivity contribution in [2.45, 2.75) is 45.6 Å². The van der Waals surface area contributed by atoms with E-state index in [4.69, 9.17) is 5.73 Å². The van der Waals surface area contributed by atoms with Crippen LogP contribution in [0, 0.1) is 12.8 Å². The molecule has 0 bridgehead atoms. The molecule has 0 saturated heterocycles. The predicted octanol–water partition coefficient (Wildman–Crippen LogP) is 4.28. The van der Waals surface area contributed by atoms with Crippen molar-refractivity contribution in [2.75, 3.05) is 11.1 Å². The van der Waals surface area contributed by atoms with Gasteiger partial charge in [0.15, 0.2) is 0 Å². The Hall–Kier alpha value is -3.81. The Kier molecular flexibility index (Phi) is 4.88. The van der Waals surface area contributed by atoms with Crippen LogP contribution in [0.3, 0.4) is 0 Å². The maximum absolute atomic E-state index is 12.9. The lowest BCUT2D eigenvalue weighted by Crippen LogP contribution is -2.21. The lowest BCUT2D eigenvalue weighted by Gasteiger charge is -2.18. The monoisotopic (exact) mass is 441 g/mol. The Bertz CT molecular complexity index is 1370. The molecule has 0 aromatic carbocycles. The Labute approximate surface area is 192 Å². The highest BCUT2D eigenvalue weighted by Gasteiger charge is 2.45. The van der Waals surface area contributed by atoms with Crippen molar-refractivity contribution in [3.8, 4) is 11.3 Å². The summed E-state index contributed by atoms with van der Waals surface area (Å²) in [5, 5.41) is 9.04. The molecule has 0 spiro atoms. The van der Waals surface area contributed by atoms with Gasteiger partial charge in [-0.25, -0.2) is 9.97 Å². The van der Waals surface area contributed by atoms with E-state index in [1.165, 1.54) is 0 Å². The predicted molar refractivity (Wildman–Crippen MR) is 129 cm³/mol. The molecule has 3 N–H and O–H groups in total. The average Bonchev–Trinajstić information content (AvgIpc) is 3.40. The summed E-state index contributed by atoms with van der Waals surface area (Å²) in [6.07, 6.45) is 9.92. The molecule has 8 nitrogen and oxygen atoms in total. The molecule has 1 saturated carbocycles. The van der Waals surface area contributed by atoms with Gasteiger partial charge >= 0.3 is 0 Å². The number of nitrogen functional groups attached to an aromatic ring is 1. The van der Waals surface area contributed by atoms with Crippen molar-refractivity contribution in [2.24, 2.45) is 5.92 Å². The Morgan fingerprint density at radius 2 is 2.03 bits per heavy atom. The zero-order valence-electron chi connectivity index (χ0n) is 19.2. The number of hydrogen-bond acceptors (Lipinski definition) is 6. The van der Waals surface area contributed by atoms with E-state index < -0.39 is 0 Å². The van der Waals surface area contributed by atoms with Crippen molar-refractivity contribution in [1.29, 1.82) is 0 Å². The summed E-state index contributed by atoms with van der Waals surface area (Å²) in [6, 6.07) is 5.73. The number of amides is 1. The van der Waals surface area contributed by atoms with Crippen LogP contribution in [-0.4, -0.2) is 30.6 Å². The first kappa shape index (κ1) is 21.1. The summed E-state index contributed by atoms with van der Waals surface area (Å²) in [5.74, 6) is 0.996. The van der Waals surface area contributed by atoms with E-state index in [2.05, 4.69) is 46.1 Å². The fourth-order valence-corrected chi connectivity index (χ4v) is 4.08. The summed E-state index contributed by atoms with van der Waals surface area (Å²) in [5.41, 5.74) is 9.95. The fraction of sp³-hybridized carbons (Fsp3) is 0.320. The van der Waals surface area contributed by atoms with E-state index in [-0.39, 0.29) is 23.3 Å². The number of anilines is 2. The molecule has 5 rings (SSSR count). The minimum absolute atomic E-state index is 0.0271. The third-order valence-corrected chi connectivity index (χ3v) is 6.16. The number of aryl methyl sites for hydroxylation is 1. The number of hydrogen-bond donors (Lipinski definition) is 2. The molecule has 4 heterocycles. The van der Waals surface area contributed by atoms with Gasteiger partial charge < -0.3 is 11.1 Å². The maximum atomic E-state index is 12.9. The largest absolute Gasteiger partial charge is 0.383 e. The number of nitrogens with zero attached hydrogens (tertiary/aromatic N) is 5. The number of carbonyl (C=O) groups is 1. The van der Waals surface area contributed by atoms with E-state index in [0.717, 1.165) is 39.6 Å². The van der Waals surface area contributed by atoms with Crippen LogP contribution in [0.5, 0.6) is 0 Å². The van der Waals surface area contributed by atoms with Crippen molar-refractivity contribution in [3.63, 3.8) is 0 Å². The summed E-state index contributed by atoms with van der Waals surface area (Å²) >= 11 is 0. The van der Waals surface area contributed by atoms with E-state index in [1.807, 2.05) is 42.2 Å². The van der Waals surface area contributed by atoms with Gasteiger partial charge in [-0.2, -0.15) is 5.10 Å². The van der Waals surface area contributed by atoms with Gasteiger partial charge in [0.25, 0.3) is 0 Å². The Balaban J connectivity index is 1.36. The maximum Gasteiger partial charge on any atom is 0.229 e. The molecule has 1 aliphatic rings. The first-order chi connectivity index (χ1) is 15.7. The second kappa shape index (κ2) is 7.65. The summed E-state index contributed by atoms with van der Waals surface area (Å²) < 4.78 is 1.94. The minimum atomic E-state index is -0.0795. The van der Waals surface area contributed by atoms with Crippen LogP contribution in [0.1, 0.15) is 44.2 Å². The quantitative estimate of drug-likeness (QED) is 0.489. The molecule has 1 amide bonds. The van der Waals surface area contributed by atoms with Gasteiger partial charge in [0, 0.05) is 41.7 Å². The van der Waals surface area contributed by atoms with Crippen LogP contribution >= 0.6 is 0 Å². The van der Waals surface area contributed by atoms with Crippen LogP contribution in [0.15, 0.2) is 49.2 Å². The molecule has 1 fully saturated rings. The molecule has 0 radical (unpaired) electrons. The van der Waals surface area contributed by atoms with Crippen LogP contribution < -0.4 is 11.1 Å². The second-order valence-corrected chi connectivity index (χ2v) is 9.70. The normalized spacial score (nSPS) is 17.8. The lowest BCUT2D eigenvalue weighted by molar-refractivity contribution is -0.117. The van der Waals surface area contributed by atoms with Crippen LogP contribution in [0.2, 0.25) is 0 Å². The van der Waals surface area contributed by atoms with Gasteiger partial charge in [-0.3, -0.25) is 14.5 Å². The standard InChI is InChI=1S/C25H27N7O/c1-14-5-6-27-11-19(14)21-7-15-8-22(28-12-20(15)23(26)30-21)31-24(33)18-9-17(18)16-10-29-32(13-16)25(2,3)4/h5-8,10-13,17-18H,9H2,1-4H3,(H2,26,30)(H,28,31,33). The van der Waals surface area contributed by atoms with Gasteiger partial charge in [0.05, 0.1) is 17.4 Å². The third kappa shape index (κ3) is 4.04. The van der Waals surface area contributed by atoms with Gasteiger partial charge in [-0.05, 0) is 74.7 Å². The fourth-order valence-electron chi connectivity index (χ4n) is 4.08. The number of rotatable bonds is 4. The van der Waals surface area contributed by atoms with Crippen molar-refractivity contribution < 1.29 is 4.79 Å². The van der Waals surface area contributed by atoms with E-state index in [1.54, 1.807) is 18.6 Å². The second-order valence-electron chi connectivity index (χ2n) is 9.70. The zero-order chi connectivity index (χ0) is 23.3. The topological polar surface area (TPSA) is 112 Å². The van der Waals surface area contributed by atoms with Gasteiger partial charge in [-0.15, -0.1) is 0 Å². The number of pyridine rings is 3. The summed E-state index contributed by atoms with van der Waals surface area (Å²) in [6.45, 7) is 8.33. The molecule has 2 atom stereocenters. The number of nitrogens with two attached hydrogens (primary N) is 1. The van der Waals surface area contributed by atoms with Crippen molar-refractivity contribution >= 4 is 28.3 Å². The lowest BCUT2D eigenvalue weighted by atomic mass is 10.1. The van der Waals surface area contributed by atoms with Crippen LogP contribution in [0.25, 0.3) is 22.0 Å². The zero-order valence-corrected chi connectivity index (χ0v) is 19.2.